The van der Waals surface area contributed by atoms with Crippen molar-refractivity contribution in [1.82, 2.24) is 5.32 Å². The second-order valence-corrected chi connectivity index (χ2v) is 5.90. The third-order valence-corrected chi connectivity index (χ3v) is 3.42. The maximum Gasteiger partial charge on any atom is 0.237 e. The lowest BCUT2D eigenvalue weighted by atomic mass is 9.93. The molecular formula is C14H30N2O. The Bertz CT molecular complexity index is 226. The van der Waals surface area contributed by atoms with Crippen LogP contribution in [0.4, 0.5) is 0 Å². The molecule has 0 radical (unpaired) electrons. The topological polar surface area (TPSA) is 55.1 Å². The first kappa shape index (κ1) is 16.4. The average Bonchev–Trinajstić information content (AvgIpc) is 2.25. The molecule has 102 valence electrons. The molecule has 3 atom stereocenters. The van der Waals surface area contributed by atoms with Crippen LogP contribution in [-0.2, 0) is 4.79 Å². The van der Waals surface area contributed by atoms with Gasteiger partial charge < -0.3 is 11.1 Å². The van der Waals surface area contributed by atoms with Crippen LogP contribution in [0.2, 0.25) is 0 Å². The second kappa shape index (κ2) is 7.70. The van der Waals surface area contributed by atoms with Gasteiger partial charge in [0.25, 0.3) is 0 Å². The van der Waals surface area contributed by atoms with Gasteiger partial charge in [-0.05, 0) is 24.2 Å². The second-order valence-electron chi connectivity index (χ2n) is 5.90. The van der Waals surface area contributed by atoms with Crippen molar-refractivity contribution in [2.24, 2.45) is 23.5 Å². The third kappa shape index (κ3) is 6.06. The Labute approximate surface area is 107 Å². The number of nitrogens with two attached hydrogens (primary N) is 1. The van der Waals surface area contributed by atoms with E-state index in [2.05, 4.69) is 39.9 Å². The van der Waals surface area contributed by atoms with Crippen molar-refractivity contribution in [3.05, 3.63) is 0 Å². The largest absolute Gasteiger partial charge is 0.352 e. The minimum absolute atomic E-state index is 0.00120. The molecule has 0 fully saturated rings. The molecule has 0 heterocycles. The van der Waals surface area contributed by atoms with E-state index in [0.29, 0.717) is 11.8 Å². The molecule has 1 unspecified atom stereocenters. The molecule has 17 heavy (non-hydrogen) atoms. The maximum absolute atomic E-state index is 12.0. The zero-order valence-corrected chi connectivity index (χ0v) is 12.3. The first-order valence-electron chi connectivity index (χ1n) is 6.85. The predicted octanol–water partition coefficient (Wildman–Crippen LogP) is 2.55. The van der Waals surface area contributed by atoms with Gasteiger partial charge in [-0.25, -0.2) is 0 Å². The van der Waals surface area contributed by atoms with E-state index in [0.717, 1.165) is 12.8 Å². The standard InChI is InChI=1S/C14H30N2O/c1-7-11(6)13(15)14(17)16-12(10(4)5)8-9(2)3/h9-13H,7-8,15H2,1-6H3,(H,16,17)/t11?,12-,13+/m1/s1. The Morgan fingerprint density at radius 2 is 1.71 bits per heavy atom. The lowest BCUT2D eigenvalue weighted by molar-refractivity contribution is -0.124. The van der Waals surface area contributed by atoms with Crippen molar-refractivity contribution in [2.75, 3.05) is 0 Å². The number of hydrogen-bond acceptors (Lipinski definition) is 2. The highest BCUT2D eigenvalue weighted by Crippen LogP contribution is 2.14. The smallest absolute Gasteiger partial charge is 0.237 e. The minimum atomic E-state index is -0.381. The van der Waals surface area contributed by atoms with Gasteiger partial charge >= 0.3 is 0 Å². The number of hydrogen-bond donors (Lipinski definition) is 2. The molecule has 0 aromatic carbocycles. The van der Waals surface area contributed by atoms with Gasteiger partial charge in [-0.1, -0.05) is 48.0 Å². The predicted molar refractivity (Wildman–Crippen MR) is 73.7 cm³/mol. The van der Waals surface area contributed by atoms with Crippen LogP contribution in [0, 0.1) is 17.8 Å². The van der Waals surface area contributed by atoms with Crippen molar-refractivity contribution >= 4 is 5.91 Å². The molecular weight excluding hydrogens is 212 g/mol. The molecule has 0 aliphatic rings. The first-order valence-corrected chi connectivity index (χ1v) is 6.85. The Hall–Kier alpha value is -0.570. The Morgan fingerprint density at radius 1 is 1.18 bits per heavy atom. The molecule has 0 saturated carbocycles. The van der Waals surface area contributed by atoms with Crippen LogP contribution in [0.25, 0.3) is 0 Å². The molecule has 0 aliphatic carbocycles. The Balaban J connectivity index is 4.40. The van der Waals surface area contributed by atoms with E-state index in [4.69, 9.17) is 5.73 Å². The lowest BCUT2D eigenvalue weighted by Crippen LogP contribution is -2.50. The van der Waals surface area contributed by atoms with Crippen LogP contribution in [0.3, 0.4) is 0 Å². The summed E-state index contributed by atoms with van der Waals surface area (Å²) in [6.07, 6.45) is 1.95. The summed E-state index contributed by atoms with van der Waals surface area (Å²) in [7, 11) is 0. The quantitative estimate of drug-likeness (QED) is 0.721. The van der Waals surface area contributed by atoms with Gasteiger partial charge in [0.1, 0.15) is 0 Å². The van der Waals surface area contributed by atoms with Crippen LogP contribution in [0.1, 0.15) is 54.4 Å². The molecule has 1 amide bonds. The van der Waals surface area contributed by atoms with E-state index in [1.807, 2.05) is 6.92 Å². The summed E-state index contributed by atoms with van der Waals surface area (Å²) in [5, 5.41) is 3.10. The molecule has 0 bridgehead atoms. The van der Waals surface area contributed by atoms with Crippen LogP contribution >= 0.6 is 0 Å². The fraction of sp³-hybridized carbons (Fsp3) is 0.929. The Kier molecular flexibility index (Phi) is 7.44. The SMILES string of the molecule is CCC(C)[C@H](N)C(=O)N[C@H](CC(C)C)C(C)C. The molecule has 0 saturated heterocycles. The zero-order valence-electron chi connectivity index (χ0n) is 12.3. The molecule has 0 rings (SSSR count). The fourth-order valence-electron chi connectivity index (χ4n) is 1.80. The number of rotatable bonds is 7. The van der Waals surface area contributed by atoms with Crippen molar-refractivity contribution in [3.63, 3.8) is 0 Å². The summed E-state index contributed by atoms with van der Waals surface area (Å²) >= 11 is 0. The molecule has 0 aromatic rings. The molecule has 0 aromatic heterocycles. The van der Waals surface area contributed by atoms with Gasteiger partial charge in [0.15, 0.2) is 0 Å². The number of carbonyl (C=O) groups excluding carboxylic acids is 1. The monoisotopic (exact) mass is 242 g/mol. The normalized spacial score (nSPS) is 17.0. The van der Waals surface area contributed by atoms with Crippen LogP contribution in [0.5, 0.6) is 0 Å². The number of amides is 1. The number of carbonyl (C=O) groups is 1. The van der Waals surface area contributed by atoms with E-state index in [1.54, 1.807) is 0 Å². The van der Waals surface area contributed by atoms with Crippen molar-refractivity contribution < 1.29 is 4.79 Å². The number of nitrogens with one attached hydrogen (secondary N) is 1. The van der Waals surface area contributed by atoms with Gasteiger partial charge in [0.2, 0.25) is 5.91 Å². The highest BCUT2D eigenvalue weighted by molar-refractivity contribution is 5.82. The van der Waals surface area contributed by atoms with E-state index in [-0.39, 0.29) is 23.9 Å². The zero-order chi connectivity index (χ0) is 13.6. The van der Waals surface area contributed by atoms with E-state index < -0.39 is 0 Å². The maximum atomic E-state index is 12.0. The lowest BCUT2D eigenvalue weighted by Gasteiger charge is -2.27. The third-order valence-electron chi connectivity index (χ3n) is 3.42. The van der Waals surface area contributed by atoms with Crippen LogP contribution < -0.4 is 11.1 Å². The van der Waals surface area contributed by atoms with Gasteiger partial charge in [0, 0.05) is 6.04 Å². The van der Waals surface area contributed by atoms with E-state index in [1.165, 1.54) is 0 Å². The highest BCUT2D eigenvalue weighted by atomic mass is 16.2. The molecule has 0 aliphatic heterocycles. The summed E-state index contributed by atoms with van der Waals surface area (Å²) < 4.78 is 0. The minimum Gasteiger partial charge on any atom is -0.352 e. The van der Waals surface area contributed by atoms with Gasteiger partial charge in [-0.2, -0.15) is 0 Å². The first-order chi connectivity index (χ1) is 7.79. The van der Waals surface area contributed by atoms with E-state index in [9.17, 15) is 4.79 Å². The summed E-state index contributed by atoms with van der Waals surface area (Å²) in [5.41, 5.74) is 5.94. The molecule has 3 heteroatoms. The molecule has 3 N–H and O–H groups in total. The summed E-state index contributed by atoms with van der Waals surface area (Å²) in [4.78, 5) is 12.0. The average molecular weight is 242 g/mol. The van der Waals surface area contributed by atoms with Gasteiger partial charge in [-0.15, -0.1) is 0 Å². The molecule has 0 spiro atoms. The fourth-order valence-corrected chi connectivity index (χ4v) is 1.80. The van der Waals surface area contributed by atoms with Crippen LogP contribution in [0.15, 0.2) is 0 Å². The van der Waals surface area contributed by atoms with Gasteiger partial charge in [0.05, 0.1) is 6.04 Å². The van der Waals surface area contributed by atoms with Crippen molar-refractivity contribution in [3.8, 4) is 0 Å². The van der Waals surface area contributed by atoms with Crippen molar-refractivity contribution in [1.29, 1.82) is 0 Å². The summed E-state index contributed by atoms with van der Waals surface area (Å²) in [6, 6.07) is -0.147. The van der Waals surface area contributed by atoms with E-state index >= 15 is 0 Å². The highest BCUT2D eigenvalue weighted by Gasteiger charge is 2.23. The Morgan fingerprint density at radius 3 is 2.06 bits per heavy atom. The molecule has 3 nitrogen and oxygen atoms in total. The van der Waals surface area contributed by atoms with Crippen LogP contribution in [-0.4, -0.2) is 18.0 Å². The summed E-state index contributed by atoms with van der Waals surface area (Å²) in [5.74, 6) is 1.27. The van der Waals surface area contributed by atoms with Gasteiger partial charge in [-0.3, -0.25) is 4.79 Å². The van der Waals surface area contributed by atoms with Crippen molar-refractivity contribution in [2.45, 2.75) is 66.5 Å². The summed E-state index contributed by atoms with van der Waals surface area (Å²) in [6.45, 7) is 12.7.